The van der Waals surface area contributed by atoms with Crippen molar-refractivity contribution in [3.8, 4) is 0 Å². The molecule has 0 aliphatic heterocycles. The molecule has 0 spiro atoms. The molecule has 2 aromatic rings. The summed E-state index contributed by atoms with van der Waals surface area (Å²) in [6.45, 7) is 1.27. The molecule has 156 valence electrons. The molecule has 0 bridgehead atoms. The van der Waals surface area contributed by atoms with Gasteiger partial charge in [-0.05, 0) is 43.7 Å². The number of carbonyl (C=O) groups excluding carboxylic acids is 3. The van der Waals surface area contributed by atoms with Gasteiger partial charge in [-0.3, -0.25) is 18.7 Å². The third-order valence-corrected chi connectivity index (χ3v) is 5.53. The fraction of sp³-hybridized carbons (Fsp3) is 0.545. The second-order valence-electron chi connectivity index (χ2n) is 7.61. The van der Waals surface area contributed by atoms with E-state index in [9.17, 15) is 19.2 Å². The minimum absolute atomic E-state index is 0.0496. The molecular formula is C22H28N2O5. The first-order chi connectivity index (χ1) is 14.0. The fourth-order valence-corrected chi connectivity index (χ4v) is 4.05. The average molecular weight is 400 g/mol. The summed E-state index contributed by atoms with van der Waals surface area (Å²) in [6, 6.07) is 5.22. The van der Waals surface area contributed by atoms with Gasteiger partial charge in [-0.1, -0.05) is 12.1 Å². The zero-order valence-electron chi connectivity index (χ0n) is 16.9. The van der Waals surface area contributed by atoms with E-state index in [0.717, 1.165) is 48.6 Å². The first-order valence-electron chi connectivity index (χ1n) is 10.3. The van der Waals surface area contributed by atoms with E-state index in [2.05, 4.69) is 0 Å². The van der Waals surface area contributed by atoms with Crippen LogP contribution in [-0.4, -0.2) is 40.2 Å². The van der Waals surface area contributed by atoms with Crippen LogP contribution in [0, 0.1) is 0 Å². The highest BCUT2D eigenvalue weighted by atomic mass is 16.5. The summed E-state index contributed by atoms with van der Waals surface area (Å²) < 4.78 is 8.80. The maximum atomic E-state index is 12.9. The molecule has 0 N–H and O–H groups in total. The van der Waals surface area contributed by atoms with Gasteiger partial charge in [0, 0.05) is 33.1 Å². The Morgan fingerprint density at radius 2 is 1.93 bits per heavy atom. The van der Waals surface area contributed by atoms with Gasteiger partial charge in [0.1, 0.15) is 12.1 Å². The van der Waals surface area contributed by atoms with E-state index in [4.69, 9.17) is 4.74 Å². The summed E-state index contributed by atoms with van der Waals surface area (Å²) in [5, 5.41) is 0. The van der Waals surface area contributed by atoms with Crippen LogP contribution in [-0.2, 0) is 32.6 Å². The van der Waals surface area contributed by atoms with Crippen LogP contribution in [0.5, 0.6) is 0 Å². The first-order valence-corrected chi connectivity index (χ1v) is 10.3. The van der Waals surface area contributed by atoms with Crippen LogP contribution < -0.4 is 5.69 Å². The Morgan fingerprint density at radius 1 is 1.14 bits per heavy atom. The van der Waals surface area contributed by atoms with Crippen molar-refractivity contribution in [2.24, 2.45) is 7.05 Å². The van der Waals surface area contributed by atoms with Crippen LogP contribution in [0.2, 0.25) is 0 Å². The number of ketones is 2. The molecule has 0 amide bonds. The Morgan fingerprint density at radius 3 is 2.69 bits per heavy atom. The minimum Gasteiger partial charge on any atom is -0.381 e. The minimum atomic E-state index is -0.561. The molecule has 0 saturated heterocycles. The Kier molecular flexibility index (Phi) is 7.14. The molecular weight excluding hydrogens is 372 g/mol. The lowest BCUT2D eigenvalue weighted by molar-refractivity contribution is -0.132. The number of ether oxygens (including phenoxy) is 1. The summed E-state index contributed by atoms with van der Waals surface area (Å²) in [5.41, 5.74) is 2.42. The summed E-state index contributed by atoms with van der Waals surface area (Å²) in [6.07, 6.45) is 5.46. The van der Waals surface area contributed by atoms with Gasteiger partial charge in [0.05, 0.1) is 23.5 Å². The van der Waals surface area contributed by atoms with Crippen molar-refractivity contribution in [1.82, 2.24) is 9.13 Å². The number of hydrogen-bond acceptors (Lipinski definition) is 5. The number of nitrogens with zero attached hydrogens (tertiary/aromatic N) is 2. The number of Topliss-reactive ketones (excluding diaryl/α,β-unsaturated/α-hetero) is 2. The third kappa shape index (κ3) is 4.72. The predicted molar refractivity (Wildman–Crippen MR) is 109 cm³/mol. The number of fused-ring (bicyclic) bond motifs is 1. The SMILES string of the molecule is Cn1c(=O)n(C2CCC(=O)CC2=O)c2cccc(CCCOCCCCC=O)c21. The van der Waals surface area contributed by atoms with Crippen molar-refractivity contribution in [3.63, 3.8) is 0 Å². The Hall–Kier alpha value is -2.54. The predicted octanol–water partition coefficient (Wildman–Crippen LogP) is 2.52. The summed E-state index contributed by atoms with van der Waals surface area (Å²) in [4.78, 5) is 47.2. The van der Waals surface area contributed by atoms with Crippen molar-refractivity contribution in [1.29, 1.82) is 0 Å². The Labute approximate surface area is 169 Å². The zero-order chi connectivity index (χ0) is 20.8. The molecule has 1 aliphatic rings. The molecule has 29 heavy (non-hydrogen) atoms. The lowest BCUT2D eigenvalue weighted by Gasteiger charge is -2.21. The van der Waals surface area contributed by atoms with E-state index in [1.807, 2.05) is 18.2 Å². The Bertz CT molecular complexity index is 956. The van der Waals surface area contributed by atoms with Crippen molar-refractivity contribution in [2.45, 2.75) is 57.4 Å². The molecule has 1 fully saturated rings. The summed E-state index contributed by atoms with van der Waals surface area (Å²) in [5.74, 6) is -0.226. The van der Waals surface area contributed by atoms with E-state index < -0.39 is 6.04 Å². The molecule has 1 aliphatic carbocycles. The molecule has 1 aromatic carbocycles. The molecule has 7 nitrogen and oxygen atoms in total. The Balaban J connectivity index is 1.72. The van der Waals surface area contributed by atoms with Gasteiger partial charge < -0.3 is 9.53 Å². The number of benzene rings is 1. The fourth-order valence-electron chi connectivity index (χ4n) is 4.05. The van der Waals surface area contributed by atoms with Crippen LogP contribution >= 0.6 is 0 Å². The van der Waals surface area contributed by atoms with Crippen LogP contribution in [0.4, 0.5) is 0 Å². The van der Waals surface area contributed by atoms with Crippen LogP contribution in [0.15, 0.2) is 23.0 Å². The van der Waals surface area contributed by atoms with Gasteiger partial charge >= 0.3 is 5.69 Å². The number of aryl methyl sites for hydroxylation is 2. The number of unbranched alkanes of at least 4 members (excludes halogenated alkanes) is 2. The molecule has 7 heteroatoms. The quantitative estimate of drug-likeness (QED) is 0.347. The summed E-state index contributed by atoms with van der Waals surface area (Å²) in [7, 11) is 1.73. The highest BCUT2D eigenvalue weighted by molar-refractivity contribution is 6.03. The number of rotatable bonds is 10. The smallest absolute Gasteiger partial charge is 0.329 e. The van der Waals surface area contributed by atoms with E-state index in [0.29, 0.717) is 32.5 Å². The lowest BCUT2D eigenvalue weighted by atomic mass is 9.92. The van der Waals surface area contributed by atoms with E-state index in [-0.39, 0.29) is 23.7 Å². The molecule has 1 aromatic heterocycles. The van der Waals surface area contributed by atoms with Gasteiger partial charge in [0.25, 0.3) is 0 Å². The van der Waals surface area contributed by atoms with Gasteiger partial charge in [-0.15, -0.1) is 0 Å². The lowest BCUT2D eigenvalue weighted by Crippen LogP contribution is -2.34. The van der Waals surface area contributed by atoms with Gasteiger partial charge in [0.2, 0.25) is 0 Å². The van der Waals surface area contributed by atoms with Crippen LogP contribution in [0.25, 0.3) is 11.0 Å². The van der Waals surface area contributed by atoms with Gasteiger partial charge in [0.15, 0.2) is 5.78 Å². The second kappa shape index (κ2) is 9.78. The molecule has 1 atom stereocenters. The van der Waals surface area contributed by atoms with Crippen molar-refractivity contribution >= 4 is 28.9 Å². The molecule has 1 saturated carbocycles. The van der Waals surface area contributed by atoms with Crippen molar-refractivity contribution < 1.29 is 19.1 Å². The number of carbonyl (C=O) groups is 3. The monoisotopic (exact) mass is 400 g/mol. The van der Waals surface area contributed by atoms with Gasteiger partial charge in [-0.2, -0.15) is 0 Å². The largest absolute Gasteiger partial charge is 0.381 e. The average Bonchev–Trinajstić information content (AvgIpc) is 2.95. The second-order valence-corrected chi connectivity index (χ2v) is 7.61. The van der Waals surface area contributed by atoms with Crippen LogP contribution in [0.1, 0.15) is 56.6 Å². The van der Waals surface area contributed by atoms with Gasteiger partial charge in [-0.25, -0.2) is 4.79 Å². The normalized spacial score (nSPS) is 17.2. The first kappa shape index (κ1) is 21.2. The van der Waals surface area contributed by atoms with Crippen LogP contribution in [0.3, 0.4) is 0 Å². The zero-order valence-corrected chi connectivity index (χ0v) is 16.9. The highest BCUT2D eigenvalue weighted by Crippen LogP contribution is 2.27. The topological polar surface area (TPSA) is 87.4 Å². The van der Waals surface area contributed by atoms with Crippen molar-refractivity contribution in [2.75, 3.05) is 13.2 Å². The van der Waals surface area contributed by atoms with E-state index in [1.54, 1.807) is 16.2 Å². The molecule has 3 rings (SSSR count). The molecule has 0 radical (unpaired) electrons. The maximum Gasteiger partial charge on any atom is 0.329 e. The highest BCUT2D eigenvalue weighted by Gasteiger charge is 2.31. The van der Waals surface area contributed by atoms with E-state index in [1.165, 1.54) is 0 Å². The van der Waals surface area contributed by atoms with Crippen molar-refractivity contribution in [3.05, 3.63) is 34.2 Å². The molecule has 1 heterocycles. The number of aromatic nitrogens is 2. The number of imidazole rings is 1. The third-order valence-electron chi connectivity index (χ3n) is 5.53. The van der Waals surface area contributed by atoms with E-state index >= 15 is 0 Å². The standard InChI is InChI=1S/C22H28N2O5/c1-23-21-16(8-6-14-29-13-4-2-3-12-25)7-5-9-19(21)24(22(23)28)18-11-10-17(26)15-20(18)27/h5,7,9,12,18H,2-4,6,8,10-11,13-15H2,1H3. The molecule has 1 unspecified atom stereocenters. The number of aldehydes is 1. The summed E-state index contributed by atoms with van der Waals surface area (Å²) >= 11 is 0. The number of para-hydroxylation sites is 1. The maximum absolute atomic E-state index is 12.9. The number of hydrogen-bond donors (Lipinski definition) is 0.